The first-order valence-electron chi connectivity index (χ1n) is 7.17. The number of hydrogen-bond acceptors (Lipinski definition) is 3. The summed E-state index contributed by atoms with van der Waals surface area (Å²) in [5, 5.41) is 3.32. The van der Waals surface area contributed by atoms with E-state index in [-0.39, 0.29) is 6.04 Å². The third-order valence-electron chi connectivity index (χ3n) is 4.00. The molecule has 0 aliphatic carbocycles. The molecule has 0 radical (unpaired) electrons. The van der Waals surface area contributed by atoms with E-state index in [1.165, 1.54) is 11.3 Å². The van der Waals surface area contributed by atoms with E-state index < -0.39 is 0 Å². The van der Waals surface area contributed by atoms with Crippen LogP contribution in [0, 0.1) is 0 Å². The molecular formula is C16H28N2O. The van der Waals surface area contributed by atoms with Gasteiger partial charge in [-0.15, -0.1) is 0 Å². The zero-order valence-corrected chi connectivity index (χ0v) is 13.2. The topological polar surface area (TPSA) is 24.5 Å². The van der Waals surface area contributed by atoms with Crippen LogP contribution in [0.5, 0.6) is 5.75 Å². The fourth-order valence-electron chi connectivity index (χ4n) is 2.63. The highest BCUT2D eigenvalue weighted by Gasteiger charge is 2.20. The summed E-state index contributed by atoms with van der Waals surface area (Å²) in [7, 11) is 5.90. The number of nitrogens with zero attached hydrogens (tertiary/aromatic N) is 1. The molecule has 1 N–H and O–H groups in total. The van der Waals surface area contributed by atoms with Gasteiger partial charge in [0.15, 0.2) is 0 Å². The molecule has 3 heteroatoms. The second-order valence-corrected chi connectivity index (χ2v) is 4.98. The van der Waals surface area contributed by atoms with Crippen LogP contribution < -0.4 is 15.0 Å². The molecule has 0 amide bonds. The van der Waals surface area contributed by atoms with Crippen LogP contribution in [0.15, 0.2) is 18.2 Å². The Morgan fingerprint density at radius 3 is 2.37 bits per heavy atom. The Morgan fingerprint density at radius 1 is 1.26 bits per heavy atom. The van der Waals surface area contributed by atoms with Gasteiger partial charge in [-0.05, 0) is 38.9 Å². The Morgan fingerprint density at radius 2 is 1.89 bits per heavy atom. The lowest BCUT2D eigenvalue weighted by atomic mass is 10.0. The predicted octanol–water partition coefficient (Wildman–Crippen LogP) is 3.60. The second kappa shape index (κ2) is 7.39. The van der Waals surface area contributed by atoms with Gasteiger partial charge in [-0.25, -0.2) is 0 Å². The minimum atomic E-state index is 0.267. The summed E-state index contributed by atoms with van der Waals surface area (Å²) in [5.41, 5.74) is 2.50. The van der Waals surface area contributed by atoms with Gasteiger partial charge in [0.05, 0.1) is 7.11 Å². The summed E-state index contributed by atoms with van der Waals surface area (Å²) in [6, 6.07) is 7.12. The molecule has 0 spiro atoms. The van der Waals surface area contributed by atoms with Crippen LogP contribution in [0.1, 0.15) is 45.2 Å². The van der Waals surface area contributed by atoms with Crippen molar-refractivity contribution in [2.75, 3.05) is 26.1 Å². The van der Waals surface area contributed by atoms with Crippen molar-refractivity contribution >= 4 is 5.69 Å². The molecule has 0 saturated carbocycles. The van der Waals surface area contributed by atoms with Gasteiger partial charge in [0.25, 0.3) is 0 Å². The van der Waals surface area contributed by atoms with E-state index in [1.54, 1.807) is 7.11 Å². The summed E-state index contributed by atoms with van der Waals surface area (Å²) >= 11 is 0. The standard InChI is InChI=1S/C16H28N2O/c1-7-13(8-2)18(5)14-10-9-11-15(19-6)16(14)12(3)17-4/h9-13,17H,7-8H2,1-6H3. The maximum Gasteiger partial charge on any atom is 0.125 e. The van der Waals surface area contributed by atoms with Crippen LogP contribution in [-0.2, 0) is 0 Å². The van der Waals surface area contributed by atoms with Gasteiger partial charge < -0.3 is 15.0 Å². The lowest BCUT2D eigenvalue weighted by Gasteiger charge is -2.32. The highest BCUT2D eigenvalue weighted by Crippen LogP contribution is 2.35. The Balaban J connectivity index is 3.25. The molecule has 0 bridgehead atoms. The van der Waals surface area contributed by atoms with E-state index in [4.69, 9.17) is 4.74 Å². The van der Waals surface area contributed by atoms with Gasteiger partial charge in [0, 0.05) is 30.4 Å². The van der Waals surface area contributed by atoms with Crippen molar-refractivity contribution in [2.24, 2.45) is 0 Å². The molecule has 0 fully saturated rings. The summed E-state index contributed by atoms with van der Waals surface area (Å²) < 4.78 is 5.54. The molecule has 1 unspecified atom stereocenters. The van der Waals surface area contributed by atoms with Crippen LogP contribution in [0.2, 0.25) is 0 Å². The Bertz CT molecular complexity index is 388. The molecule has 108 valence electrons. The molecule has 0 aliphatic rings. The quantitative estimate of drug-likeness (QED) is 0.814. The van der Waals surface area contributed by atoms with Gasteiger partial charge >= 0.3 is 0 Å². The average Bonchev–Trinajstić information content (AvgIpc) is 2.46. The number of anilines is 1. The zero-order chi connectivity index (χ0) is 14.4. The molecule has 0 heterocycles. The molecule has 1 aromatic rings. The lowest BCUT2D eigenvalue weighted by molar-refractivity contribution is 0.403. The van der Waals surface area contributed by atoms with E-state index in [9.17, 15) is 0 Å². The largest absolute Gasteiger partial charge is 0.496 e. The third-order valence-corrected chi connectivity index (χ3v) is 4.00. The van der Waals surface area contributed by atoms with Gasteiger partial charge in [0.1, 0.15) is 5.75 Å². The Labute approximate surface area is 118 Å². The predicted molar refractivity (Wildman–Crippen MR) is 83.2 cm³/mol. The van der Waals surface area contributed by atoms with Crippen LogP contribution in [0.3, 0.4) is 0 Å². The Hall–Kier alpha value is -1.22. The van der Waals surface area contributed by atoms with Crippen molar-refractivity contribution in [3.8, 4) is 5.75 Å². The SMILES string of the molecule is CCC(CC)N(C)c1cccc(OC)c1C(C)NC. The van der Waals surface area contributed by atoms with Crippen LogP contribution >= 0.6 is 0 Å². The number of nitrogens with one attached hydrogen (secondary N) is 1. The molecule has 19 heavy (non-hydrogen) atoms. The van der Waals surface area contributed by atoms with Crippen LogP contribution in [0.4, 0.5) is 5.69 Å². The fraction of sp³-hybridized carbons (Fsp3) is 0.625. The minimum Gasteiger partial charge on any atom is -0.496 e. The monoisotopic (exact) mass is 264 g/mol. The van der Waals surface area contributed by atoms with E-state index in [2.05, 4.69) is 50.2 Å². The first kappa shape index (κ1) is 15.8. The maximum absolute atomic E-state index is 5.54. The number of benzene rings is 1. The number of rotatable bonds is 7. The van der Waals surface area contributed by atoms with Crippen molar-refractivity contribution in [2.45, 2.75) is 45.7 Å². The summed E-state index contributed by atoms with van der Waals surface area (Å²) in [4.78, 5) is 2.38. The van der Waals surface area contributed by atoms with E-state index in [0.717, 1.165) is 18.6 Å². The summed E-state index contributed by atoms with van der Waals surface area (Å²) in [6.45, 7) is 6.65. The molecule has 1 rings (SSSR count). The van der Waals surface area contributed by atoms with Crippen molar-refractivity contribution in [3.63, 3.8) is 0 Å². The fourth-order valence-corrected chi connectivity index (χ4v) is 2.63. The van der Waals surface area contributed by atoms with E-state index in [0.29, 0.717) is 6.04 Å². The minimum absolute atomic E-state index is 0.267. The van der Waals surface area contributed by atoms with Crippen LogP contribution in [0.25, 0.3) is 0 Å². The molecule has 0 aliphatic heterocycles. The normalized spacial score (nSPS) is 12.6. The van der Waals surface area contributed by atoms with Gasteiger partial charge in [-0.2, -0.15) is 0 Å². The first-order valence-corrected chi connectivity index (χ1v) is 7.17. The molecule has 3 nitrogen and oxygen atoms in total. The lowest BCUT2D eigenvalue weighted by Crippen LogP contribution is -2.32. The molecule has 0 saturated heterocycles. The highest BCUT2D eigenvalue weighted by atomic mass is 16.5. The summed E-state index contributed by atoms with van der Waals surface area (Å²) in [5.74, 6) is 0.956. The highest BCUT2D eigenvalue weighted by molar-refractivity contribution is 5.61. The molecular weight excluding hydrogens is 236 g/mol. The maximum atomic E-state index is 5.54. The number of hydrogen-bond donors (Lipinski definition) is 1. The van der Waals surface area contributed by atoms with Crippen LogP contribution in [-0.4, -0.2) is 27.2 Å². The Kier molecular flexibility index (Phi) is 6.16. The number of ether oxygens (including phenoxy) is 1. The average molecular weight is 264 g/mol. The van der Waals surface area contributed by atoms with Crippen molar-refractivity contribution in [1.29, 1.82) is 0 Å². The van der Waals surface area contributed by atoms with Crippen molar-refractivity contribution in [3.05, 3.63) is 23.8 Å². The van der Waals surface area contributed by atoms with Gasteiger partial charge in [-0.3, -0.25) is 0 Å². The second-order valence-electron chi connectivity index (χ2n) is 4.98. The van der Waals surface area contributed by atoms with E-state index >= 15 is 0 Å². The van der Waals surface area contributed by atoms with Crippen molar-refractivity contribution in [1.82, 2.24) is 5.32 Å². The number of methoxy groups -OCH3 is 1. The van der Waals surface area contributed by atoms with E-state index in [1.807, 2.05) is 13.1 Å². The molecule has 0 aromatic heterocycles. The zero-order valence-electron chi connectivity index (χ0n) is 13.2. The summed E-state index contributed by atoms with van der Waals surface area (Å²) in [6.07, 6.45) is 2.30. The first-order chi connectivity index (χ1) is 9.10. The molecule has 1 atom stereocenters. The van der Waals surface area contributed by atoms with Gasteiger partial charge in [-0.1, -0.05) is 19.9 Å². The van der Waals surface area contributed by atoms with Gasteiger partial charge in [0.2, 0.25) is 0 Å². The smallest absolute Gasteiger partial charge is 0.125 e. The third kappa shape index (κ3) is 3.41. The molecule has 1 aromatic carbocycles. The van der Waals surface area contributed by atoms with Crippen molar-refractivity contribution < 1.29 is 4.74 Å².